The van der Waals surface area contributed by atoms with E-state index in [-0.39, 0.29) is 0 Å². The van der Waals surface area contributed by atoms with Crippen molar-refractivity contribution < 1.29 is 0 Å². The first-order chi connectivity index (χ1) is 9.92. The first-order valence-electron chi connectivity index (χ1n) is 7.00. The second-order valence-electron chi connectivity index (χ2n) is 5.22. The quantitative estimate of drug-likeness (QED) is 0.771. The number of benzene rings is 2. The van der Waals surface area contributed by atoms with Gasteiger partial charge in [0.05, 0.1) is 12.1 Å². The molecule has 100 valence electrons. The summed E-state index contributed by atoms with van der Waals surface area (Å²) in [5, 5.41) is 11.9. The van der Waals surface area contributed by atoms with Crippen molar-refractivity contribution in [3.63, 3.8) is 0 Å². The molecule has 4 heteroatoms. The molecule has 4 rings (SSSR count). The second kappa shape index (κ2) is 4.72. The minimum atomic E-state index is 0.795. The SMILES string of the molecule is c1cc2c(c(Cn3nnc4ccccc43)c1)CCNC2. The molecule has 1 aromatic heterocycles. The van der Waals surface area contributed by atoms with Crippen LogP contribution in [0.5, 0.6) is 0 Å². The maximum atomic E-state index is 4.29. The Morgan fingerprint density at radius 3 is 3.05 bits per heavy atom. The van der Waals surface area contributed by atoms with E-state index >= 15 is 0 Å². The monoisotopic (exact) mass is 264 g/mol. The van der Waals surface area contributed by atoms with Gasteiger partial charge < -0.3 is 5.32 Å². The zero-order valence-corrected chi connectivity index (χ0v) is 11.2. The average Bonchev–Trinajstić information content (AvgIpc) is 2.91. The molecule has 0 amide bonds. The number of para-hydroxylation sites is 1. The average molecular weight is 264 g/mol. The minimum absolute atomic E-state index is 0.795. The number of aromatic nitrogens is 3. The van der Waals surface area contributed by atoms with Gasteiger partial charge in [0.15, 0.2) is 0 Å². The van der Waals surface area contributed by atoms with Crippen LogP contribution in [-0.2, 0) is 19.5 Å². The number of rotatable bonds is 2. The van der Waals surface area contributed by atoms with Gasteiger partial charge in [-0.25, -0.2) is 4.68 Å². The van der Waals surface area contributed by atoms with E-state index in [1.54, 1.807) is 0 Å². The molecule has 0 atom stereocenters. The van der Waals surface area contributed by atoms with Crippen LogP contribution in [0.3, 0.4) is 0 Å². The summed E-state index contributed by atoms with van der Waals surface area (Å²) in [7, 11) is 0. The van der Waals surface area contributed by atoms with Crippen LogP contribution in [0.25, 0.3) is 11.0 Å². The summed E-state index contributed by atoms with van der Waals surface area (Å²) in [6, 6.07) is 14.7. The smallest absolute Gasteiger partial charge is 0.113 e. The molecule has 4 nitrogen and oxygen atoms in total. The highest BCUT2D eigenvalue weighted by Gasteiger charge is 2.13. The number of hydrogen-bond acceptors (Lipinski definition) is 3. The molecule has 20 heavy (non-hydrogen) atoms. The molecule has 0 spiro atoms. The molecule has 1 N–H and O–H groups in total. The Morgan fingerprint density at radius 1 is 1.10 bits per heavy atom. The van der Waals surface area contributed by atoms with E-state index in [1.165, 1.54) is 16.7 Å². The Morgan fingerprint density at radius 2 is 2.05 bits per heavy atom. The van der Waals surface area contributed by atoms with Crippen LogP contribution in [0.1, 0.15) is 16.7 Å². The summed E-state index contributed by atoms with van der Waals surface area (Å²) in [6.45, 7) is 2.83. The highest BCUT2D eigenvalue weighted by molar-refractivity contribution is 5.73. The van der Waals surface area contributed by atoms with Crippen LogP contribution < -0.4 is 5.32 Å². The van der Waals surface area contributed by atoms with E-state index in [0.717, 1.165) is 37.1 Å². The molecule has 0 bridgehead atoms. The molecule has 2 heterocycles. The molecule has 0 unspecified atom stereocenters. The van der Waals surface area contributed by atoms with Crippen molar-refractivity contribution in [2.75, 3.05) is 6.54 Å². The third-order valence-corrected chi connectivity index (χ3v) is 3.98. The second-order valence-corrected chi connectivity index (χ2v) is 5.22. The third kappa shape index (κ3) is 1.89. The summed E-state index contributed by atoms with van der Waals surface area (Å²) >= 11 is 0. The van der Waals surface area contributed by atoms with Crippen LogP contribution >= 0.6 is 0 Å². The summed E-state index contributed by atoms with van der Waals surface area (Å²) in [5.74, 6) is 0. The van der Waals surface area contributed by atoms with E-state index in [2.05, 4.69) is 39.9 Å². The third-order valence-electron chi connectivity index (χ3n) is 3.98. The van der Waals surface area contributed by atoms with Gasteiger partial charge in [0, 0.05) is 6.54 Å². The maximum absolute atomic E-state index is 4.29. The molecule has 3 aromatic rings. The number of hydrogen-bond donors (Lipinski definition) is 1. The summed E-state index contributed by atoms with van der Waals surface area (Å²) in [6.07, 6.45) is 1.10. The van der Waals surface area contributed by atoms with Gasteiger partial charge in [-0.05, 0) is 41.8 Å². The van der Waals surface area contributed by atoms with Gasteiger partial charge in [0.2, 0.25) is 0 Å². The summed E-state index contributed by atoms with van der Waals surface area (Å²) in [5.41, 5.74) is 6.31. The van der Waals surface area contributed by atoms with E-state index in [1.807, 2.05) is 22.9 Å². The van der Waals surface area contributed by atoms with E-state index < -0.39 is 0 Å². The van der Waals surface area contributed by atoms with Crippen molar-refractivity contribution >= 4 is 11.0 Å². The maximum Gasteiger partial charge on any atom is 0.113 e. The molecule has 1 aliphatic rings. The van der Waals surface area contributed by atoms with Crippen molar-refractivity contribution in [3.8, 4) is 0 Å². The lowest BCUT2D eigenvalue weighted by atomic mass is 9.95. The van der Waals surface area contributed by atoms with Crippen LogP contribution in [0.4, 0.5) is 0 Å². The van der Waals surface area contributed by atoms with E-state index in [4.69, 9.17) is 0 Å². The predicted molar refractivity (Wildman–Crippen MR) is 78.5 cm³/mol. The van der Waals surface area contributed by atoms with Gasteiger partial charge in [0.25, 0.3) is 0 Å². The molecule has 0 saturated carbocycles. The van der Waals surface area contributed by atoms with Gasteiger partial charge >= 0.3 is 0 Å². The Labute approximate surface area is 117 Å². The molecule has 0 radical (unpaired) electrons. The fraction of sp³-hybridized carbons (Fsp3) is 0.250. The zero-order valence-electron chi connectivity index (χ0n) is 11.2. The summed E-state index contributed by atoms with van der Waals surface area (Å²) < 4.78 is 1.99. The van der Waals surface area contributed by atoms with Crippen LogP contribution in [0.15, 0.2) is 42.5 Å². The Kier molecular flexibility index (Phi) is 2.74. The molecule has 1 aliphatic heterocycles. The molecular formula is C16H16N4. The first-order valence-corrected chi connectivity index (χ1v) is 7.00. The van der Waals surface area contributed by atoms with Crippen molar-refractivity contribution in [3.05, 3.63) is 59.2 Å². The van der Waals surface area contributed by atoms with Crippen LogP contribution in [-0.4, -0.2) is 21.5 Å². The summed E-state index contributed by atoms with van der Waals surface area (Å²) in [4.78, 5) is 0. The number of fused-ring (bicyclic) bond motifs is 2. The first kappa shape index (κ1) is 11.6. The van der Waals surface area contributed by atoms with Crippen LogP contribution in [0, 0.1) is 0 Å². The molecule has 0 fully saturated rings. The van der Waals surface area contributed by atoms with Crippen molar-refractivity contribution in [2.24, 2.45) is 0 Å². The van der Waals surface area contributed by atoms with Gasteiger partial charge in [0.1, 0.15) is 5.52 Å². The zero-order chi connectivity index (χ0) is 13.4. The van der Waals surface area contributed by atoms with Gasteiger partial charge in [-0.2, -0.15) is 0 Å². The number of nitrogens with one attached hydrogen (secondary N) is 1. The van der Waals surface area contributed by atoms with Gasteiger partial charge in [-0.1, -0.05) is 35.5 Å². The van der Waals surface area contributed by atoms with Gasteiger partial charge in [-0.3, -0.25) is 0 Å². The molecular weight excluding hydrogens is 248 g/mol. The lowest BCUT2D eigenvalue weighted by Crippen LogP contribution is -2.25. The van der Waals surface area contributed by atoms with E-state index in [0.29, 0.717) is 0 Å². The molecule has 0 aliphatic carbocycles. The minimum Gasteiger partial charge on any atom is -0.312 e. The lowest BCUT2D eigenvalue weighted by Gasteiger charge is -2.20. The fourth-order valence-corrected chi connectivity index (χ4v) is 2.95. The Bertz CT molecular complexity index is 760. The molecule has 0 saturated heterocycles. The van der Waals surface area contributed by atoms with Crippen LogP contribution in [0.2, 0.25) is 0 Å². The number of nitrogens with zero attached hydrogens (tertiary/aromatic N) is 3. The van der Waals surface area contributed by atoms with E-state index in [9.17, 15) is 0 Å². The van der Waals surface area contributed by atoms with Gasteiger partial charge in [-0.15, -0.1) is 5.10 Å². The highest BCUT2D eigenvalue weighted by atomic mass is 15.4. The Hall–Kier alpha value is -2.20. The normalized spacial score (nSPS) is 14.4. The topological polar surface area (TPSA) is 42.7 Å². The van der Waals surface area contributed by atoms with Crippen molar-refractivity contribution in [1.82, 2.24) is 20.3 Å². The van der Waals surface area contributed by atoms with Crippen molar-refractivity contribution in [2.45, 2.75) is 19.5 Å². The van der Waals surface area contributed by atoms with Crippen molar-refractivity contribution in [1.29, 1.82) is 0 Å². The fourth-order valence-electron chi connectivity index (χ4n) is 2.95. The predicted octanol–water partition coefficient (Wildman–Crippen LogP) is 2.13. The highest BCUT2D eigenvalue weighted by Crippen LogP contribution is 2.20. The largest absolute Gasteiger partial charge is 0.312 e. The lowest BCUT2D eigenvalue weighted by molar-refractivity contribution is 0.621. The Balaban J connectivity index is 1.76. The standard InChI is InChI=1S/C16H16N4/c1-2-7-16-15(6-1)18-19-20(16)11-13-5-3-4-12-10-17-9-8-14(12)13/h1-7,17H,8-11H2. The molecule has 2 aromatic carbocycles.